The Morgan fingerprint density at radius 3 is 2.68 bits per heavy atom. The molecule has 1 atom stereocenters. The molecule has 0 saturated carbocycles. The van der Waals surface area contributed by atoms with Crippen LogP contribution in [0.1, 0.15) is 30.3 Å². The number of hydrogen-bond donors (Lipinski definition) is 0. The number of hydrogen-bond acceptors (Lipinski definition) is 6. The monoisotopic (exact) mass is 438 g/mol. The Bertz CT molecular complexity index is 1050. The summed E-state index contributed by atoms with van der Waals surface area (Å²) in [4.78, 5) is 15.1. The highest BCUT2D eigenvalue weighted by atomic mass is 32.2. The second-order valence-electron chi connectivity index (χ2n) is 7.34. The van der Waals surface area contributed by atoms with E-state index in [-0.39, 0.29) is 11.9 Å². The lowest BCUT2D eigenvalue weighted by Crippen LogP contribution is -2.32. The number of methoxy groups -OCH3 is 2. The van der Waals surface area contributed by atoms with Crippen molar-refractivity contribution in [3.63, 3.8) is 0 Å². The molecule has 31 heavy (non-hydrogen) atoms. The Hall–Kier alpha value is -3.00. The Labute approximate surface area is 186 Å². The lowest BCUT2D eigenvalue weighted by Gasteiger charge is -2.26. The minimum atomic E-state index is -0.0214. The number of likely N-dealkylation sites (tertiary alicyclic amines) is 1. The number of rotatable bonds is 7. The third-order valence-corrected chi connectivity index (χ3v) is 6.42. The molecule has 0 spiro atoms. The molecule has 2 heterocycles. The predicted octanol–water partition coefficient (Wildman–Crippen LogP) is 4.05. The summed E-state index contributed by atoms with van der Waals surface area (Å²) in [5.74, 6) is 2.71. The SMILES string of the molecule is COc1ccc(OC)c([C@@H]2CCCN2C(=O)CSc2nnc(C)n2-c2ccccc2)c1. The van der Waals surface area contributed by atoms with Crippen molar-refractivity contribution in [2.24, 2.45) is 0 Å². The van der Waals surface area contributed by atoms with Gasteiger partial charge in [0.1, 0.15) is 17.3 Å². The molecule has 3 aromatic rings. The molecule has 4 rings (SSSR count). The van der Waals surface area contributed by atoms with Gasteiger partial charge in [-0.05, 0) is 50.1 Å². The molecule has 1 amide bonds. The third-order valence-electron chi connectivity index (χ3n) is 5.50. The van der Waals surface area contributed by atoms with Gasteiger partial charge in [-0.2, -0.15) is 0 Å². The van der Waals surface area contributed by atoms with Gasteiger partial charge < -0.3 is 14.4 Å². The van der Waals surface area contributed by atoms with E-state index in [2.05, 4.69) is 10.2 Å². The van der Waals surface area contributed by atoms with E-state index in [1.165, 1.54) is 11.8 Å². The number of ether oxygens (including phenoxy) is 2. The fourth-order valence-corrected chi connectivity index (χ4v) is 4.89. The Kier molecular flexibility index (Phi) is 6.46. The van der Waals surface area contributed by atoms with Gasteiger partial charge in [-0.3, -0.25) is 9.36 Å². The normalized spacial score (nSPS) is 15.8. The van der Waals surface area contributed by atoms with Gasteiger partial charge in [-0.25, -0.2) is 0 Å². The highest BCUT2D eigenvalue weighted by molar-refractivity contribution is 7.99. The van der Waals surface area contributed by atoms with Crippen LogP contribution in [0.25, 0.3) is 5.69 Å². The summed E-state index contributed by atoms with van der Waals surface area (Å²) < 4.78 is 12.9. The number of aromatic nitrogens is 3. The van der Waals surface area contributed by atoms with E-state index in [0.29, 0.717) is 10.9 Å². The Morgan fingerprint density at radius 1 is 1.13 bits per heavy atom. The smallest absolute Gasteiger partial charge is 0.233 e. The van der Waals surface area contributed by atoms with Gasteiger partial charge in [0.25, 0.3) is 0 Å². The van der Waals surface area contributed by atoms with Crippen LogP contribution in [0.2, 0.25) is 0 Å². The van der Waals surface area contributed by atoms with Crippen molar-refractivity contribution in [3.8, 4) is 17.2 Å². The fraction of sp³-hybridized carbons (Fsp3) is 0.348. The first-order valence-corrected chi connectivity index (χ1v) is 11.2. The summed E-state index contributed by atoms with van der Waals surface area (Å²) in [6, 6.07) is 15.7. The molecule has 0 aliphatic carbocycles. The molecule has 2 aromatic carbocycles. The lowest BCUT2D eigenvalue weighted by atomic mass is 10.0. The highest BCUT2D eigenvalue weighted by Gasteiger charge is 2.32. The molecule has 7 nitrogen and oxygen atoms in total. The minimum Gasteiger partial charge on any atom is -0.497 e. The molecule has 8 heteroatoms. The van der Waals surface area contributed by atoms with E-state index in [4.69, 9.17) is 9.47 Å². The molecule has 162 valence electrons. The van der Waals surface area contributed by atoms with Crippen LogP contribution in [0.15, 0.2) is 53.7 Å². The van der Waals surface area contributed by atoms with Crippen LogP contribution in [-0.2, 0) is 4.79 Å². The number of para-hydroxylation sites is 1. The van der Waals surface area contributed by atoms with E-state index in [1.54, 1.807) is 14.2 Å². The molecular weight excluding hydrogens is 412 g/mol. The molecule has 1 saturated heterocycles. The van der Waals surface area contributed by atoms with Crippen LogP contribution in [0.3, 0.4) is 0 Å². The predicted molar refractivity (Wildman–Crippen MR) is 120 cm³/mol. The molecule has 1 aromatic heterocycles. The maximum absolute atomic E-state index is 13.2. The summed E-state index contributed by atoms with van der Waals surface area (Å²) in [5.41, 5.74) is 1.97. The van der Waals surface area contributed by atoms with Crippen LogP contribution in [0.4, 0.5) is 0 Å². The van der Waals surface area contributed by atoms with Crippen LogP contribution >= 0.6 is 11.8 Å². The largest absolute Gasteiger partial charge is 0.497 e. The second kappa shape index (κ2) is 9.43. The van der Waals surface area contributed by atoms with Gasteiger partial charge in [0.15, 0.2) is 5.16 Å². The molecule has 0 N–H and O–H groups in total. The van der Waals surface area contributed by atoms with E-state index in [0.717, 1.165) is 48.0 Å². The first-order valence-electron chi connectivity index (χ1n) is 10.2. The number of aryl methyl sites for hydroxylation is 1. The van der Waals surface area contributed by atoms with E-state index in [1.807, 2.05) is 64.9 Å². The van der Waals surface area contributed by atoms with Gasteiger partial charge in [-0.1, -0.05) is 30.0 Å². The summed E-state index contributed by atoms with van der Waals surface area (Å²) in [6.07, 6.45) is 1.86. The Balaban J connectivity index is 1.51. The van der Waals surface area contributed by atoms with Crippen LogP contribution in [0, 0.1) is 6.92 Å². The zero-order chi connectivity index (χ0) is 21.8. The first-order chi connectivity index (χ1) is 15.1. The maximum Gasteiger partial charge on any atom is 0.233 e. The quantitative estimate of drug-likeness (QED) is 0.519. The zero-order valence-corrected chi connectivity index (χ0v) is 18.8. The topological polar surface area (TPSA) is 69.5 Å². The van der Waals surface area contributed by atoms with E-state index >= 15 is 0 Å². The van der Waals surface area contributed by atoms with Gasteiger partial charge in [0.05, 0.1) is 26.0 Å². The van der Waals surface area contributed by atoms with Crippen molar-refractivity contribution >= 4 is 17.7 Å². The fourth-order valence-electron chi connectivity index (χ4n) is 4.01. The molecule has 1 aliphatic rings. The van der Waals surface area contributed by atoms with Crippen molar-refractivity contribution < 1.29 is 14.3 Å². The number of amides is 1. The standard InChI is InChI=1S/C23H26N4O3S/c1-16-24-25-23(27(16)17-8-5-4-6-9-17)31-15-22(28)26-13-7-10-20(26)19-14-18(29-2)11-12-21(19)30-3/h4-6,8-9,11-12,14,20H,7,10,13,15H2,1-3H3/t20-/m0/s1. The minimum absolute atomic E-state index is 0.0214. The average molecular weight is 439 g/mol. The van der Waals surface area contributed by atoms with E-state index < -0.39 is 0 Å². The second-order valence-corrected chi connectivity index (χ2v) is 8.28. The van der Waals surface area contributed by atoms with Crippen molar-refractivity contribution in [3.05, 3.63) is 59.9 Å². The highest BCUT2D eigenvalue weighted by Crippen LogP contribution is 2.39. The average Bonchev–Trinajstić information content (AvgIpc) is 3.44. The molecular formula is C23H26N4O3S. The van der Waals surface area contributed by atoms with E-state index in [9.17, 15) is 4.79 Å². The first kappa shape index (κ1) is 21.2. The summed E-state index contributed by atoms with van der Waals surface area (Å²) in [5, 5.41) is 9.21. The van der Waals surface area contributed by atoms with Gasteiger partial charge in [-0.15, -0.1) is 10.2 Å². The number of thioether (sulfide) groups is 1. The Morgan fingerprint density at radius 2 is 1.94 bits per heavy atom. The van der Waals surface area contributed by atoms with Crippen molar-refractivity contribution in [1.82, 2.24) is 19.7 Å². The van der Waals surface area contributed by atoms with Crippen molar-refractivity contribution in [2.75, 3.05) is 26.5 Å². The molecule has 1 aliphatic heterocycles. The molecule has 0 radical (unpaired) electrons. The summed E-state index contributed by atoms with van der Waals surface area (Å²) >= 11 is 1.41. The third kappa shape index (κ3) is 4.39. The van der Waals surface area contributed by atoms with Crippen LogP contribution in [-0.4, -0.2) is 52.1 Å². The number of nitrogens with zero attached hydrogens (tertiary/aromatic N) is 4. The number of carbonyl (C=O) groups excluding carboxylic acids is 1. The molecule has 1 fully saturated rings. The molecule has 0 bridgehead atoms. The van der Waals surface area contributed by atoms with Crippen LogP contribution in [0.5, 0.6) is 11.5 Å². The van der Waals surface area contributed by atoms with Gasteiger partial charge in [0.2, 0.25) is 5.91 Å². The summed E-state index contributed by atoms with van der Waals surface area (Å²) in [7, 11) is 3.30. The number of benzene rings is 2. The lowest BCUT2D eigenvalue weighted by molar-refractivity contribution is -0.129. The van der Waals surface area contributed by atoms with Crippen LogP contribution < -0.4 is 9.47 Å². The van der Waals surface area contributed by atoms with Crippen molar-refractivity contribution in [1.29, 1.82) is 0 Å². The number of carbonyl (C=O) groups is 1. The van der Waals surface area contributed by atoms with Gasteiger partial charge >= 0.3 is 0 Å². The van der Waals surface area contributed by atoms with Gasteiger partial charge in [0, 0.05) is 17.8 Å². The molecule has 0 unspecified atom stereocenters. The maximum atomic E-state index is 13.2. The summed E-state index contributed by atoms with van der Waals surface area (Å²) in [6.45, 7) is 2.65. The zero-order valence-electron chi connectivity index (χ0n) is 17.9. The van der Waals surface area contributed by atoms with Crippen molar-refractivity contribution in [2.45, 2.75) is 31.0 Å².